The van der Waals surface area contributed by atoms with Gasteiger partial charge in [-0.25, -0.2) is 9.59 Å². The number of carbonyl (C=O) groups is 2. The number of urea groups is 1. The molecule has 0 bridgehead atoms. The molecule has 7 nitrogen and oxygen atoms in total. The summed E-state index contributed by atoms with van der Waals surface area (Å²) in [5, 5.41) is 14.4. The van der Waals surface area contributed by atoms with Crippen molar-refractivity contribution in [2.75, 3.05) is 5.32 Å². The van der Waals surface area contributed by atoms with E-state index in [1.807, 2.05) is 12.1 Å². The highest BCUT2D eigenvalue weighted by atomic mass is 16.4. The second kappa shape index (κ2) is 7.10. The smallest absolute Gasteiger partial charge is 0.344 e. The zero-order valence-corrected chi connectivity index (χ0v) is 13.9. The Kier molecular flexibility index (Phi) is 4.70. The number of anilines is 1. The van der Waals surface area contributed by atoms with Crippen molar-refractivity contribution in [2.45, 2.75) is 13.0 Å². The van der Waals surface area contributed by atoms with Crippen LogP contribution in [0.2, 0.25) is 0 Å². The Morgan fingerprint density at radius 1 is 1.08 bits per heavy atom. The van der Waals surface area contributed by atoms with Crippen molar-refractivity contribution in [1.82, 2.24) is 5.32 Å². The lowest BCUT2D eigenvalue weighted by Gasteiger charge is -2.11. The van der Waals surface area contributed by atoms with Crippen LogP contribution in [0.1, 0.15) is 6.92 Å². The summed E-state index contributed by atoms with van der Waals surface area (Å²) in [7, 11) is 0. The first-order chi connectivity index (χ1) is 12.4. The maximum atomic E-state index is 12.3. The average molecular weight is 352 g/mol. The van der Waals surface area contributed by atoms with E-state index in [9.17, 15) is 14.4 Å². The Morgan fingerprint density at radius 3 is 2.62 bits per heavy atom. The van der Waals surface area contributed by atoms with Crippen LogP contribution in [0.3, 0.4) is 0 Å². The molecule has 0 unspecified atom stereocenters. The molecule has 0 spiro atoms. The molecule has 2 amide bonds. The first kappa shape index (κ1) is 17.2. The van der Waals surface area contributed by atoms with Gasteiger partial charge in [0.05, 0.1) is 5.56 Å². The van der Waals surface area contributed by atoms with E-state index in [1.54, 1.807) is 42.5 Å². The first-order valence-electron chi connectivity index (χ1n) is 7.87. The van der Waals surface area contributed by atoms with Gasteiger partial charge in [0.25, 0.3) is 0 Å². The number of aliphatic carboxylic acids is 1. The lowest BCUT2D eigenvalue weighted by atomic mass is 10.1. The predicted octanol–water partition coefficient (Wildman–Crippen LogP) is 3.05. The van der Waals surface area contributed by atoms with Crippen LogP contribution in [0.25, 0.3) is 22.1 Å². The fraction of sp³-hybridized carbons (Fsp3) is 0.105. The van der Waals surface area contributed by atoms with Gasteiger partial charge in [0, 0.05) is 11.1 Å². The highest BCUT2D eigenvalue weighted by Crippen LogP contribution is 2.23. The van der Waals surface area contributed by atoms with Crippen molar-refractivity contribution in [3.8, 4) is 11.1 Å². The first-order valence-corrected chi connectivity index (χ1v) is 7.87. The summed E-state index contributed by atoms with van der Waals surface area (Å²) in [5.41, 5.74) is 1.38. The second-order valence-corrected chi connectivity index (χ2v) is 5.72. The molecule has 1 atom stereocenters. The molecule has 0 saturated heterocycles. The standard InChI is InChI=1S/C19H16N2O5/c1-11(17(22)23)20-19(25)21-14-7-4-6-12(9-14)15-10-13-5-2-3-8-16(13)26-18(15)24/h2-11H,1H3,(H,22,23)(H2,20,21,25)/t11-/m0/s1. The number of carbonyl (C=O) groups excluding carboxylic acids is 1. The van der Waals surface area contributed by atoms with Gasteiger partial charge in [-0.2, -0.15) is 0 Å². The molecule has 26 heavy (non-hydrogen) atoms. The molecule has 2 aromatic carbocycles. The van der Waals surface area contributed by atoms with Crippen LogP contribution in [-0.2, 0) is 4.79 Å². The lowest BCUT2D eigenvalue weighted by molar-refractivity contribution is -0.138. The molecule has 1 aromatic heterocycles. The maximum Gasteiger partial charge on any atom is 0.344 e. The van der Waals surface area contributed by atoms with Gasteiger partial charge in [-0.15, -0.1) is 0 Å². The van der Waals surface area contributed by atoms with Crippen LogP contribution >= 0.6 is 0 Å². The number of carboxylic acid groups (broad SMARTS) is 1. The number of carboxylic acids is 1. The molecule has 3 N–H and O–H groups in total. The van der Waals surface area contributed by atoms with Crippen LogP contribution in [0, 0.1) is 0 Å². The van der Waals surface area contributed by atoms with Gasteiger partial charge in [0.1, 0.15) is 11.6 Å². The number of hydrogen-bond donors (Lipinski definition) is 3. The van der Waals surface area contributed by atoms with Crippen LogP contribution in [-0.4, -0.2) is 23.1 Å². The maximum absolute atomic E-state index is 12.3. The number of hydrogen-bond acceptors (Lipinski definition) is 4. The van der Waals surface area contributed by atoms with Crippen molar-refractivity contribution in [2.24, 2.45) is 0 Å². The zero-order chi connectivity index (χ0) is 18.7. The number of para-hydroxylation sites is 1. The number of amides is 2. The second-order valence-electron chi connectivity index (χ2n) is 5.72. The van der Waals surface area contributed by atoms with Crippen molar-refractivity contribution < 1.29 is 19.1 Å². The molecular weight excluding hydrogens is 336 g/mol. The van der Waals surface area contributed by atoms with Crippen molar-refractivity contribution in [1.29, 1.82) is 0 Å². The largest absolute Gasteiger partial charge is 0.480 e. The Morgan fingerprint density at radius 2 is 1.85 bits per heavy atom. The third kappa shape index (κ3) is 3.72. The minimum atomic E-state index is -1.14. The molecule has 132 valence electrons. The van der Waals surface area contributed by atoms with Crippen molar-refractivity contribution >= 4 is 28.7 Å². The highest BCUT2D eigenvalue weighted by Gasteiger charge is 2.14. The summed E-state index contributed by atoms with van der Waals surface area (Å²) in [6.45, 7) is 1.36. The predicted molar refractivity (Wildman–Crippen MR) is 97.2 cm³/mol. The minimum Gasteiger partial charge on any atom is -0.480 e. The molecular formula is C19H16N2O5. The summed E-state index contributed by atoms with van der Waals surface area (Å²) >= 11 is 0. The average Bonchev–Trinajstić information content (AvgIpc) is 2.61. The topological polar surface area (TPSA) is 109 Å². The number of rotatable bonds is 4. The molecule has 3 rings (SSSR count). The zero-order valence-electron chi connectivity index (χ0n) is 13.9. The molecule has 3 aromatic rings. The van der Waals surface area contributed by atoms with Gasteiger partial charge < -0.3 is 20.2 Å². The Balaban J connectivity index is 1.88. The monoisotopic (exact) mass is 352 g/mol. The summed E-state index contributed by atoms with van der Waals surface area (Å²) in [4.78, 5) is 34.9. The molecule has 0 fully saturated rings. The third-order valence-electron chi connectivity index (χ3n) is 3.79. The van der Waals surface area contributed by atoms with Crippen molar-refractivity contribution in [3.05, 3.63) is 65.0 Å². The van der Waals surface area contributed by atoms with E-state index in [-0.39, 0.29) is 0 Å². The lowest BCUT2D eigenvalue weighted by Crippen LogP contribution is -2.40. The molecule has 0 aliphatic rings. The molecule has 7 heteroatoms. The SMILES string of the molecule is C[C@H](NC(=O)Nc1cccc(-c2cc3ccccc3oc2=O)c1)C(=O)O. The van der Waals surface area contributed by atoms with Crippen LogP contribution in [0.5, 0.6) is 0 Å². The molecule has 0 saturated carbocycles. The quantitative estimate of drug-likeness (QED) is 0.625. The Hall–Kier alpha value is -3.61. The van der Waals surface area contributed by atoms with E-state index in [1.165, 1.54) is 6.92 Å². The molecule has 1 heterocycles. The Bertz CT molecular complexity index is 1040. The van der Waals surface area contributed by atoms with Crippen LogP contribution in [0.4, 0.5) is 10.5 Å². The summed E-state index contributed by atoms with van der Waals surface area (Å²) < 4.78 is 5.33. The van der Waals surface area contributed by atoms with E-state index in [4.69, 9.17) is 9.52 Å². The number of nitrogens with one attached hydrogen (secondary N) is 2. The van der Waals surface area contributed by atoms with Gasteiger partial charge in [-0.05, 0) is 36.8 Å². The fourth-order valence-corrected chi connectivity index (χ4v) is 2.45. The van der Waals surface area contributed by atoms with E-state index in [0.29, 0.717) is 22.4 Å². The van der Waals surface area contributed by atoms with Gasteiger partial charge in [0.15, 0.2) is 0 Å². The molecule has 0 aliphatic heterocycles. The number of fused-ring (bicyclic) bond motifs is 1. The van der Waals surface area contributed by atoms with Gasteiger partial charge in [-0.3, -0.25) is 4.79 Å². The van der Waals surface area contributed by atoms with Crippen LogP contribution in [0.15, 0.2) is 63.8 Å². The van der Waals surface area contributed by atoms with E-state index >= 15 is 0 Å². The van der Waals surface area contributed by atoms with E-state index < -0.39 is 23.7 Å². The molecule has 0 radical (unpaired) electrons. The van der Waals surface area contributed by atoms with Gasteiger partial charge >= 0.3 is 17.6 Å². The van der Waals surface area contributed by atoms with Crippen LogP contribution < -0.4 is 16.3 Å². The summed E-state index contributed by atoms with van der Waals surface area (Å²) in [6.07, 6.45) is 0. The summed E-state index contributed by atoms with van der Waals surface area (Å²) in [5.74, 6) is -1.14. The van der Waals surface area contributed by atoms with E-state index in [2.05, 4.69) is 10.6 Å². The van der Waals surface area contributed by atoms with E-state index in [0.717, 1.165) is 5.39 Å². The fourth-order valence-electron chi connectivity index (χ4n) is 2.45. The third-order valence-corrected chi connectivity index (χ3v) is 3.79. The van der Waals surface area contributed by atoms with Gasteiger partial charge in [-0.1, -0.05) is 30.3 Å². The Labute approximate surface area is 148 Å². The number of benzene rings is 2. The highest BCUT2D eigenvalue weighted by molar-refractivity contribution is 5.93. The van der Waals surface area contributed by atoms with Gasteiger partial charge in [0.2, 0.25) is 0 Å². The van der Waals surface area contributed by atoms with Crippen molar-refractivity contribution in [3.63, 3.8) is 0 Å². The summed E-state index contributed by atoms with van der Waals surface area (Å²) in [6, 6.07) is 13.9. The molecule has 0 aliphatic carbocycles. The normalized spacial score (nSPS) is 11.7. The minimum absolute atomic E-state index is 0.367.